The summed E-state index contributed by atoms with van der Waals surface area (Å²) in [5, 5.41) is 13.6. The van der Waals surface area contributed by atoms with Crippen LogP contribution in [0.1, 0.15) is 19.4 Å². The van der Waals surface area contributed by atoms with E-state index >= 15 is 0 Å². The van der Waals surface area contributed by atoms with E-state index in [0.29, 0.717) is 9.88 Å². The molecule has 1 aromatic rings. The Morgan fingerprint density at radius 1 is 1.41 bits per heavy atom. The van der Waals surface area contributed by atoms with E-state index in [-0.39, 0.29) is 23.0 Å². The zero-order chi connectivity index (χ0) is 16.7. The van der Waals surface area contributed by atoms with Gasteiger partial charge in [0.05, 0.1) is 10.7 Å². The first kappa shape index (κ1) is 18.4. The second kappa shape index (κ2) is 8.70. The standard InChI is InChI=1S/C14H19N3O3S2/c1-4-16(5-2)14(21)22-9-12(18)15-13-10(3)7-6-8-11(13)17(19)20/h6-8H,4-5,9H2,1-3H3,(H,15,18). The summed E-state index contributed by atoms with van der Waals surface area (Å²) >= 11 is 6.51. The number of aryl methyl sites for hydroxylation is 1. The smallest absolute Gasteiger partial charge is 0.293 e. The molecule has 0 saturated heterocycles. The van der Waals surface area contributed by atoms with Gasteiger partial charge in [-0.15, -0.1) is 0 Å². The monoisotopic (exact) mass is 341 g/mol. The van der Waals surface area contributed by atoms with Crippen LogP contribution >= 0.6 is 24.0 Å². The van der Waals surface area contributed by atoms with Gasteiger partial charge in [0.1, 0.15) is 10.0 Å². The fourth-order valence-electron chi connectivity index (χ4n) is 1.84. The average molecular weight is 341 g/mol. The minimum atomic E-state index is -0.504. The fourth-order valence-corrected chi connectivity index (χ4v) is 3.05. The number of anilines is 1. The van der Waals surface area contributed by atoms with Crippen LogP contribution in [0.15, 0.2) is 18.2 Å². The molecule has 0 heterocycles. The summed E-state index contributed by atoms with van der Waals surface area (Å²) in [4.78, 5) is 24.5. The molecule has 1 N–H and O–H groups in total. The van der Waals surface area contributed by atoms with Crippen LogP contribution in [0.4, 0.5) is 11.4 Å². The maximum Gasteiger partial charge on any atom is 0.293 e. The first-order chi connectivity index (χ1) is 10.4. The van der Waals surface area contributed by atoms with Gasteiger partial charge < -0.3 is 10.2 Å². The summed E-state index contributed by atoms with van der Waals surface area (Å²) in [5.74, 6) is -0.183. The molecule has 0 bridgehead atoms. The van der Waals surface area contributed by atoms with E-state index in [1.165, 1.54) is 17.8 Å². The fraction of sp³-hybridized carbons (Fsp3) is 0.429. The molecule has 0 atom stereocenters. The van der Waals surface area contributed by atoms with Crippen LogP contribution in [0.2, 0.25) is 0 Å². The molecule has 22 heavy (non-hydrogen) atoms. The van der Waals surface area contributed by atoms with Crippen LogP contribution in [-0.4, -0.2) is 38.9 Å². The van der Waals surface area contributed by atoms with Crippen molar-refractivity contribution in [3.63, 3.8) is 0 Å². The molecular formula is C14H19N3O3S2. The van der Waals surface area contributed by atoms with Crippen molar-refractivity contribution in [3.05, 3.63) is 33.9 Å². The van der Waals surface area contributed by atoms with Crippen molar-refractivity contribution in [1.82, 2.24) is 4.90 Å². The maximum atomic E-state index is 12.0. The number of benzene rings is 1. The van der Waals surface area contributed by atoms with Crippen LogP contribution < -0.4 is 5.32 Å². The lowest BCUT2D eigenvalue weighted by molar-refractivity contribution is -0.384. The van der Waals surface area contributed by atoms with Crippen molar-refractivity contribution >= 4 is 45.6 Å². The van der Waals surface area contributed by atoms with Crippen LogP contribution in [0.3, 0.4) is 0 Å². The van der Waals surface area contributed by atoms with E-state index in [0.717, 1.165) is 13.1 Å². The lowest BCUT2D eigenvalue weighted by Gasteiger charge is -2.20. The van der Waals surface area contributed by atoms with Gasteiger partial charge in [-0.2, -0.15) is 0 Å². The summed E-state index contributed by atoms with van der Waals surface area (Å²) in [6, 6.07) is 4.68. The van der Waals surface area contributed by atoms with Gasteiger partial charge in [0.25, 0.3) is 5.69 Å². The number of nitro groups is 1. The van der Waals surface area contributed by atoms with E-state index in [4.69, 9.17) is 12.2 Å². The number of thioether (sulfide) groups is 1. The number of nitrogens with zero attached hydrogens (tertiary/aromatic N) is 2. The Morgan fingerprint density at radius 2 is 2.05 bits per heavy atom. The zero-order valence-electron chi connectivity index (χ0n) is 12.8. The predicted molar refractivity (Wildman–Crippen MR) is 94.4 cm³/mol. The second-order valence-electron chi connectivity index (χ2n) is 4.50. The Morgan fingerprint density at radius 3 is 2.59 bits per heavy atom. The molecule has 0 aliphatic carbocycles. The highest BCUT2D eigenvalue weighted by Gasteiger charge is 2.18. The molecule has 0 saturated carbocycles. The van der Waals surface area contributed by atoms with Crippen LogP contribution in [0.5, 0.6) is 0 Å². The van der Waals surface area contributed by atoms with Gasteiger partial charge in [0.15, 0.2) is 0 Å². The van der Waals surface area contributed by atoms with Gasteiger partial charge in [-0.25, -0.2) is 0 Å². The SMILES string of the molecule is CCN(CC)C(=S)SCC(=O)Nc1c(C)cccc1[N+](=O)[O-]. The minimum Gasteiger partial charge on any atom is -0.358 e. The number of rotatable bonds is 6. The van der Waals surface area contributed by atoms with E-state index < -0.39 is 4.92 Å². The second-order valence-corrected chi connectivity index (χ2v) is 6.11. The molecule has 0 aliphatic heterocycles. The van der Waals surface area contributed by atoms with Gasteiger partial charge in [-0.3, -0.25) is 14.9 Å². The van der Waals surface area contributed by atoms with Crippen molar-refractivity contribution in [2.24, 2.45) is 0 Å². The van der Waals surface area contributed by atoms with E-state index in [1.807, 2.05) is 18.7 Å². The molecule has 1 aromatic carbocycles. The summed E-state index contributed by atoms with van der Waals surface area (Å²) in [7, 11) is 0. The Bertz CT molecular complexity index is 574. The molecule has 0 fully saturated rings. The number of carbonyl (C=O) groups excluding carboxylic acids is 1. The van der Waals surface area contributed by atoms with Crippen LogP contribution in [0, 0.1) is 17.0 Å². The van der Waals surface area contributed by atoms with Crippen molar-refractivity contribution in [3.8, 4) is 0 Å². The molecule has 0 unspecified atom stereocenters. The number of hydrogen-bond acceptors (Lipinski definition) is 5. The topological polar surface area (TPSA) is 75.5 Å². The molecule has 120 valence electrons. The van der Waals surface area contributed by atoms with E-state index in [2.05, 4.69) is 5.32 Å². The number of amides is 1. The Labute approximate surface area is 139 Å². The van der Waals surface area contributed by atoms with Crippen LogP contribution in [0.25, 0.3) is 0 Å². The molecule has 1 rings (SSSR count). The van der Waals surface area contributed by atoms with E-state index in [9.17, 15) is 14.9 Å². The lowest BCUT2D eigenvalue weighted by atomic mass is 10.1. The third kappa shape index (κ3) is 4.96. The normalized spacial score (nSPS) is 10.1. The first-order valence-electron chi connectivity index (χ1n) is 6.86. The number of hydrogen-bond donors (Lipinski definition) is 1. The molecule has 8 heteroatoms. The van der Waals surface area contributed by atoms with Gasteiger partial charge in [-0.1, -0.05) is 36.1 Å². The lowest BCUT2D eigenvalue weighted by Crippen LogP contribution is -2.28. The largest absolute Gasteiger partial charge is 0.358 e. The molecule has 6 nitrogen and oxygen atoms in total. The highest BCUT2D eigenvalue weighted by atomic mass is 32.2. The molecule has 0 aromatic heterocycles. The highest BCUT2D eigenvalue weighted by molar-refractivity contribution is 8.23. The van der Waals surface area contributed by atoms with Gasteiger partial charge in [-0.05, 0) is 26.3 Å². The van der Waals surface area contributed by atoms with Gasteiger partial charge in [0, 0.05) is 19.2 Å². The van der Waals surface area contributed by atoms with Crippen molar-refractivity contribution in [1.29, 1.82) is 0 Å². The van der Waals surface area contributed by atoms with Gasteiger partial charge in [0.2, 0.25) is 5.91 Å². The maximum absolute atomic E-state index is 12.0. The number of thiocarbonyl (C=S) groups is 1. The molecule has 0 spiro atoms. The summed E-state index contributed by atoms with van der Waals surface area (Å²) in [6.07, 6.45) is 0. The quantitative estimate of drug-likeness (QED) is 0.486. The van der Waals surface area contributed by atoms with Crippen molar-refractivity contribution < 1.29 is 9.72 Å². The number of para-hydroxylation sites is 1. The number of carbonyl (C=O) groups is 1. The van der Waals surface area contributed by atoms with Crippen molar-refractivity contribution in [2.45, 2.75) is 20.8 Å². The van der Waals surface area contributed by atoms with Gasteiger partial charge >= 0.3 is 0 Å². The first-order valence-corrected chi connectivity index (χ1v) is 8.25. The summed E-state index contributed by atoms with van der Waals surface area (Å²) in [6.45, 7) is 7.27. The molecular weight excluding hydrogens is 322 g/mol. The molecule has 1 amide bonds. The summed E-state index contributed by atoms with van der Waals surface area (Å²) < 4.78 is 0.652. The molecule has 0 aliphatic rings. The average Bonchev–Trinajstić information content (AvgIpc) is 2.48. The van der Waals surface area contributed by atoms with Crippen LogP contribution in [-0.2, 0) is 4.79 Å². The minimum absolute atomic E-state index is 0.107. The highest BCUT2D eigenvalue weighted by Crippen LogP contribution is 2.27. The number of nitrogens with one attached hydrogen (secondary N) is 1. The predicted octanol–water partition coefficient (Wildman–Crippen LogP) is 3.20. The Balaban J connectivity index is 2.71. The third-order valence-corrected chi connectivity index (χ3v) is 4.58. The van der Waals surface area contributed by atoms with E-state index in [1.54, 1.807) is 19.1 Å². The van der Waals surface area contributed by atoms with Crippen molar-refractivity contribution in [2.75, 3.05) is 24.2 Å². The third-order valence-electron chi connectivity index (χ3n) is 3.06. The molecule has 0 radical (unpaired) electrons. The Kier molecular flexibility index (Phi) is 7.26. The number of nitro benzene ring substituents is 1. The summed E-state index contributed by atoms with van der Waals surface area (Å²) in [5.41, 5.74) is 0.787. The Hall–Kier alpha value is -1.67. The zero-order valence-corrected chi connectivity index (χ0v) is 14.4.